The van der Waals surface area contributed by atoms with Crippen LogP contribution in [0.3, 0.4) is 0 Å². The Bertz CT molecular complexity index is 558. The van der Waals surface area contributed by atoms with Gasteiger partial charge < -0.3 is 5.32 Å². The first-order valence-corrected chi connectivity index (χ1v) is 7.50. The van der Waals surface area contributed by atoms with Crippen molar-refractivity contribution in [1.82, 2.24) is 5.32 Å². The molecule has 106 valence electrons. The molecule has 0 saturated heterocycles. The van der Waals surface area contributed by atoms with Gasteiger partial charge in [0.1, 0.15) is 0 Å². The molecule has 0 aliphatic carbocycles. The fourth-order valence-corrected chi connectivity index (χ4v) is 2.57. The van der Waals surface area contributed by atoms with Crippen molar-refractivity contribution < 1.29 is 0 Å². The molecule has 0 radical (unpaired) electrons. The second kappa shape index (κ2) is 6.92. The molecule has 0 saturated carbocycles. The van der Waals surface area contributed by atoms with E-state index in [2.05, 4.69) is 55.6 Å². The highest BCUT2D eigenvalue weighted by Crippen LogP contribution is 2.26. The molecule has 2 heteroatoms. The summed E-state index contributed by atoms with van der Waals surface area (Å²) in [6.07, 6.45) is 1.13. The predicted octanol–water partition coefficient (Wildman–Crippen LogP) is 4.92. The summed E-state index contributed by atoms with van der Waals surface area (Å²) in [7, 11) is 1.93. The Labute approximate surface area is 127 Å². The molecule has 20 heavy (non-hydrogen) atoms. The third kappa shape index (κ3) is 3.84. The van der Waals surface area contributed by atoms with Gasteiger partial charge in [-0.05, 0) is 53.8 Å². The summed E-state index contributed by atoms with van der Waals surface area (Å²) in [4.78, 5) is 0. The van der Waals surface area contributed by atoms with Crippen molar-refractivity contribution in [3.05, 3.63) is 58.6 Å². The van der Waals surface area contributed by atoms with E-state index in [1.165, 1.54) is 16.7 Å². The molecule has 0 aromatic heterocycles. The summed E-state index contributed by atoms with van der Waals surface area (Å²) in [5.41, 5.74) is 4.99. The molecule has 1 N–H and O–H groups in total. The topological polar surface area (TPSA) is 12.0 Å². The molecule has 0 bridgehead atoms. The molecule has 2 aromatic rings. The van der Waals surface area contributed by atoms with E-state index >= 15 is 0 Å². The summed E-state index contributed by atoms with van der Waals surface area (Å²) >= 11 is 6.20. The van der Waals surface area contributed by atoms with Gasteiger partial charge in [0.2, 0.25) is 0 Å². The van der Waals surface area contributed by atoms with Gasteiger partial charge >= 0.3 is 0 Å². The number of nitrogens with one attached hydrogen (secondary N) is 1. The van der Waals surface area contributed by atoms with Crippen LogP contribution in [0.5, 0.6) is 0 Å². The van der Waals surface area contributed by atoms with Crippen LogP contribution in [0.4, 0.5) is 0 Å². The van der Waals surface area contributed by atoms with Crippen LogP contribution in [0.1, 0.15) is 25.0 Å². The molecular weight excluding hydrogens is 266 g/mol. The van der Waals surface area contributed by atoms with E-state index in [4.69, 9.17) is 11.6 Å². The van der Waals surface area contributed by atoms with Crippen molar-refractivity contribution in [2.75, 3.05) is 7.05 Å². The maximum Gasteiger partial charge on any atom is 0.0451 e. The van der Waals surface area contributed by atoms with Crippen LogP contribution in [-0.2, 0) is 13.0 Å². The van der Waals surface area contributed by atoms with Gasteiger partial charge in [0.05, 0.1) is 0 Å². The second-order valence-electron chi connectivity index (χ2n) is 5.63. The molecule has 0 fully saturated rings. The van der Waals surface area contributed by atoms with Crippen LogP contribution in [0.25, 0.3) is 11.1 Å². The average molecular weight is 288 g/mol. The summed E-state index contributed by atoms with van der Waals surface area (Å²) < 4.78 is 0. The molecule has 0 heterocycles. The van der Waals surface area contributed by atoms with Crippen molar-refractivity contribution >= 4 is 11.6 Å². The van der Waals surface area contributed by atoms with Crippen molar-refractivity contribution in [2.45, 2.75) is 26.8 Å². The van der Waals surface area contributed by atoms with Gasteiger partial charge in [-0.1, -0.05) is 55.8 Å². The minimum absolute atomic E-state index is 0.693. The summed E-state index contributed by atoms with van der Waals surface area (Å²) in [6, 6.07) is 15.1. The van der Waals surface area contributed by atoms with Gasteiger partial charge in [-0.3, -0.25) is 0 Å². The normalized spacial score (nSPS) is 11.1. The third-order valence-corrected chi connectivity index (χ3v) is 3.71. The van der Waals surface area contributed by atoms with Crippen LogP contribution in [-0.4, -0.2) is 7.05 Å². The summed E-state index contributed by atoms with van der Waals surface area (Å²) in [5.74, 6) is 0.693. The van der Waals surface area contributed by atoms with E-state index in [9.17, 15) is 0 Å². The van der Waals surface area contributed by atoms with Crippen LogP contribution < -0.4 is 5.32 Å². The van der Waals surface area contributed by atoms with Crippen LogP contribution in [0.15, 0.2) is 42.5 Å². The van der Waals surface area contributed by atoms with E-state index in [0.29, 0.717) is 5.92 Å². The van der Waals surface area contributed by atoms with Gasteiger partial charge in [0.25, 0.3) is 0 Å². The van der Waals surface area contributed by atoms with Crippen molar-refractivity contribution in [3.8, 4) is 11.1 Å². The number of benzene rings is 2. The minimum Gasteiger partial charge on any atom is -0.316 e. The zero-order valence-corrected chi connectivity index (χ0v) is 13.2. The lowest BCUT2D eigenvalue weighted by Gasteiger charge is -2.09. The number of rotatable bonds is 5. The van der Waals surface area contributed by atoms with Gasteiger partial charge in [-0.2, -0.15) is 0 Å². The Morgan fingerprint density at radius 1 is 1.00 bits per heavy atom. The standard InChI is InChI=1S/C18H22ClN/c1-13(2)10-14-4-6-15(7-5-14)16-8-9-18(19)17(11-16)12-20-3/h4-9,11,13,20H,10,12H2,1-3H3. The Kier molecular flexibility index (Phi) is 5.22. The Morgan fingerprint density at radius 2 is 1.65 bits per heavy atom. The van der Waals surface area contributed by atoms with E-state index in [1.54, 1.807) is 0 Å². The van der Waals surface area contributed by atoms with E-state index in [1.807, 2.05) is 13.1 Å². The lowest BCUT2D eigenvalue weighted by atomic mass is 9.98. The van der Waals surface area contributed by atoms with Crippen molar-refractivity contribution in [1.29, 1.82) is 0 Å². The maximum atomic E-state index is 6.20. The van der Waals surface area contributed by atoms with Crippen molar-refractivity contribution in [2.24, 2.45) is 5.92 Å². The molecule has 0 unspecified atom stereocenters. The fourth-order valence-electron chi connectivity index (χ4n) is 2.38. The van der Waals surface area contributed by atoms with Crippen molar-refractivity contribution in [3.63, 3.8) is 0 Å². The average Bonchev–Trinajstić information content (AvgIpc) is 2.42. The minimum atomic E-state index is 0.693. The smallest absolute Gasteiger partial charge is 0.0451 e. The van der Waals surface area contributed by atoms with E-state index in [0.717, 1.165) is 23.6 Å². The highest BCUT2D eigenvalue weighted by atomic mass is 35.5. The van der Waals surface area contributed by atoms with Gasteiger partial charge in [-0.15, -0.1) is 0 Å². The first-order chi connectivity index (χ1) is 9.60. The maximum absolute atomic E-state index is 6.20. The molecule has 0 spiro atoms. The largest absolute Gasteiger partial charge is 0.316 e. The van der Waals surface area contributed by atoms with Crippen LogP contribution >= 0.6 is 11.6 Å². The zero-order valence-electron chi connectivity index (χ0n) is 12.4. The molecule has 0 amide bonds. The highest BCUT2D eigenvalue weighted by molar-refractivity contribution is 6.31. The Balaban J connectivity index is 2.25. The quantitative estimate of drug-likeness (QED) is 0.822. The monoisotopic (exact) mass is 287 g/mol. The van der Waals surface area contributed by atoms with Gasteiger partial charge in [0, 0.05) is 11.6 Å². The zero-order chi connectivity index (χ0) is 14.5. The first-order valence-electron chi connectivity index (χ1n) is 7.12. The molecule has 1 nitrogen and oxygen atoms in total. The Hall–Kier alpha value is -1.31. The SMILES string of the molecule is CNCc1cc(-c2ccc(CC(C)C)cc2)ccc1Cl. The number of hydrogen-bond donors (Lipinski definition) is 1. The summed E-state index contributed by atoms with van der Waals surface area (Å²) in [5, 5.41) is 3.97. The summed E-state index contributed by atoms with van der Waals surface area (Å²) in [6.45, 7) is 5.28. The fraction of sp³-hybridized carbons (Fsp3) is 0.333. The van der Waals surface area contributed by atoms with Crippen LogP contribution in [0.2, 0.25) is 5.02 Å². The molecular formula is C18H22ClN. The molecule has 2 aromatic carbocycles. The third-order valence-electron chi connectivity index (χ3n) is 3.34. The molecule has 0 aliphatic heterocycles. The van der Waals surface area contributed by atoms with E-state index in [-0.39, 0.29) is 0 Å². The molecule has 0 atom stereocenters. The lowest BCUT2D eigenvalue weighted by molar-refractivity contribution is 0.647. The van der Waals surface area contributed by atoms with Gasteiger partial charge in [0.15, 0.2) is 0 Å². The van der Waals surface area contributed by atoms with E-state index < -0.39 is 0 Å². The lowest BCUT2D eigenvalue weighted by Crippen LogP contribution is -2.05. The predicted molar refractivity (Wildman–Crippen MR) is 88.2 cm³/mol. The van der Waals surface area contributed by atoms with Gasteiger partial charge in [-0.25, -0.2) is 0 Å². The first kappa shape index (κ1) is 15.1. The Morgan fingerprint density at radius 3 is 2.25 bits per heavy atom. The molecule has 2 rings (SSSR count). The van der Waals surface area contributed by atoms with Crippen LogP contribution in [0, 0.1) is 5.92 Å². The highest BCUT2D eigenvalue weighted by Gasteiger charge is 2.04. The number of halogens is 1. The second-order valence-corrected chi connectivity index (χ2v) is 6.04. The molecule has 0 aliphatic rings. The number of hydrogen-bond acceptors (Lipinski definition) is 1.